The molecule has 5 rings (SSSR count). The van der Waals surface area contributed by atoms with Gasteiger partial charge in [0.05, 0.1) is 11.0 Å². The first kappa shape index (κ1) is 18.3. The molecule has 4 aromatic rings. The summed E-state index contributed by atoms with van der Waals surface area (Å²) < 4.78 is 27.3. The third kappa shape index (κ3) is 3.41. The smallest absolute Gasteiger partial charge is 0.252 e. The minimum atomic E-state index is -3.39. The molecule has 0 radical (unpaired) electrons. The Morgan fingerprint density at radius 3 is 2.48 bits per heavy atom. The van der Waals surface area contributed by atoms with E-state index in [1.165, 1.54) is 11.3 Å². The van der Waals surface area contributed by atoms with E-state index in [2.05, 4.69) is 19.9 Å². The van der Waals surface area contributed by atoms with Crippen LogP contribution in [0, 0.1) is 0 Å². The van der Waals surface area contributed by atoms with Gasteiger partial charge < -0.3 is 9.88 Å². The summed E-state index contributed by atoms with van der Waals surface area (Å²) in [5.41, 5.74) is 2.84. The molecular formula is C20H19N5O2S2. The van der Waals surface area contributed by atoms with Crippen molar-refractivity contribution in [1.82, 2.24) is 19.3 Å². The highest BCUT2D eigenvalue weighted by molar-refractivity contribution is 7.91. The fourth-order valence-corrected chi connectivity index (χ4v) is 6.06. The number of nitrogens with zero attached hydrogens (tertiary/aromatic N) is 4. The molecule has 0 spiro atoms. The first-order chi connectivity index (χ1) is 14.1. The average Bonchev–Trinajstić information content (AvgIpc) is 3.44. The Kier molecular flexibility index (Phi) is 4.57. The van der Waals surface area contributed by atoms with Crippen molar-refractivity contribution in [3.05, 3.63) is 60.1 Å². The van der Waals surface area contributed by atoms with Gasteiger partial charge in [0.25, 0.3) is 10.0 Å². The molecule has 1 fully saturated rings. The Hall–Kier alpha value is -2.75. The maximum absolute atomic E-state index is 12.7. The van der Waals surface area contributed by atoms with E-state index in [0.717, 1.165) is 28.2 Å². The van der Waals surface area contributed by atoms with Gasteiger partial charge in [-0.15, -0.1) is 11.3 Å². The summed E-state index contributed by atoms with van der Waals surface area (Å²) in [6, 6.07) is 15.3. The Morgan fingerprint density at radius 1 is 0.966 bits per heavy atom. The van der Waals surface area contributed by atoms with E-state index < -0.39 is 10.0 Å². The van der Waals surface area contributed by atoms with Crippen LogP contribution in [0.1, 0.15) is 0 Å². The molecule has 29 heavy (non-hydrogen) atoms. The number of rotatable bonds is 4. The third-order valence-corrected chi connectivity index (χ3v) is 8.33. The van der Waals surface area contributed by atoms with Crippen molar-refractivity contribution in [1.29, 1.82) is 0 Å². The minimum Gasteiger partial charge on any atom is -0.354 e. The summed E-state index contributed by atoms with van der Waals surface area (Å²) in [6.07, 6.45) is 1.81. The van der Waals surface area contributed by atoms with Gasteiger partial charge in [-0.2, -0.15) is 4.31 Å². The highest BCUT2D eigenvalue weighted by atomic mass is 32.2. The summed E-state index contributed by atoms with van der Waals surface area (Å²) in [7, 11) is -3.39. The molecule has 1 N–H and O–H groups in total. The third-order valence-electron chi connectivity index (χ3n) is 5.06. The number of hydrogen-bond acceptors (Lipinski definition) is 6. The zero-order chi connectivity index (χ0) is 19.8. The molecule has 9 heteroatoms. The van der Waals surface area contributed by atoms with Gasteiger partial charge in [-0.05, 0) is 35.7 Å². The van der Waals surface area contributed by atoms with E-state index in [1.807, 2.05) is 42.6 Å². The molecule has 0 amide bonds. The van der Waals surface area contributed by atoms with Crippen LogP contribution in [0.3, 0.4) is 0 Å². The molecule has 1 aliphatic rings. The molecule has 0 unspecified atom stereocenters. The number of fused-ring (bicyclic) bond motifs is 1. The molecule has 1 aliphatic heterocycles. The normalized spacial score (nSPS) is 15.8. The van der Waals surface area contributed by atoms with Crippen LogP contribution in [0.25, 0.3) is 22.4 Å². The first-order valence-electron chi connectivity index (χ1n) is 9.31. The van der Waals surface area contributed by atoms with Crippen molar-refractivity contribution in [2.45, 2.75) is 4.21 Å². The topological polar surface area (TPSA) is 82.2 Å². The van der Waals surface area contributed by atoms with E-state index >= 15 is 0 Å². The number of aromatic amines is 1. The average molecular weight is 426 g/mol. The van der Waals surface area contributed by atoms with Gasteiger partial charge in [-0.25, -0.2) is 18.4 Å². The van der Waals surface area contributed by atoms with Gasteiger partial charge in [0.2, 0.25) is 0 Å². The van der Waals surface area contributed by atoms with Crippen LogP contribution in [0.15, 0.2) is 64.3 Å². The van der Waals surface area contributed by atoms with E-state index in [4.69, 9.17) is 0 Å². The van der Waals surface area contributed by atoms with Gasteiger partial charge in [0.1, 0.15) is 15.9 Å². The number of hydrogen-bond donors (Lipinski definition) is 1. The summed E-state index contributed by atoms with van der Waals surface area (Å²) >= 11 is 1.26. The second-order valence-corrected chi connectivity index (χ2v) is 9.94. The Bertz CT molecular complexity index is 1190. The maximum atomic E-state index is 12.7. The number of piperazine rings is 1. The van der Waals surface area contributed by atoms with Gasteiger partial charge in [0.15, 0.2) is 0 Å². The molecule has 1 aromatic carbocycles. The molecular weight excluding hydrogens is 406 g/mol. The zero-order valence-electron chi connectivity index (χ0n) is 15.5. The lowest BCUT2D eigenvalue weighted by Crippen LogP contribution is -2.48. The molecule has 0 aliphatic carbocycles. The second-order valence-electron chi connectivity index (χ2n) is 6.83. The largest absolute Gasteiger partial charge is 0.354 e. The van der Waals surface area contributed by atoms with Crippen molar-refractivity contribution in [3.8, 4) is 11.4 Å². The van der Waals surface area contributed by atoms with Crippen molar-refractivity contribution >= 4 is 38.2 Å². The minimum absolute atomic E-state index is 0.402. The van der Waals surface area contributed by atoms with Crippen molar-refractivity contribution in [2.24, 2.45) is 0 Å². The number of benzene rings is 1. The number of anilines is 1. The Morgan fingerprint density at radius 2 is 1.79 bits per heavy atom. The Labute approximate surface area is 172 Å². The SMILES string of the molecule is O=S(=O)(c1cccs1)N1CCN(c2ccc(-c3nc4ccccc4[nH]3)cn2)CC1. The predicted molar refractivity (Wildman–Crippen MR) is 115 cm³/mol. The standard InChI is InChI=1S/C20H19N5O2S2/c26-29(27,19-6-3-13-28-19)25-11-9-24(10-12-25)18-8-7-15(14-21-18)20-22-16-4-1-2-5-17(16)23-20/h1-8,13-14H,9-12H2,(H,22,23). The molecule has 4 heterocycles. The molecule has 7 nitrogen and oxygen atoms in total. The van der Waals surface area contributed by atoms with Crippen LogP contribution in [-0.4, -0.2) is 53.9 Å². The number of pyridine rings is 1. The van der Waals surface area contributed by atoms with E-state index in [9.17, 15) is 8.42 Å². The molecule has 0 saturated carbocycles. The van der Waals surface area contributed by atoms with E-state index in [0.29, 0.717) is 30.4 Å². The summed E-state index contributed by atoms with van der Waals surface area (Å²) in [5.74, 6) is 1.63. The van der Waals surface area contributed by atoms with Gasteiger partial charge in [0, 0.05) is 37.9 Å². The number of para-hydroxylation sites is 2. The predicted octanol–water partition coefficient (Wildman–Crippen LogP) is 3.20. The molecule has 148 valence electrons. The van der Waals surface area contributed by atoms with Crippen LogP contribution < -0.4 is 4.90 Å². The number of sulfonamides is 1. The van der Waals surface area contributed by atoms with E-state index in [-0.39, 0.29) is 0 Å². The number of H-pyrrole nitrogens is 1. The fourth-order valence-electron chi connectivity index (χ4n) is 3.50. The van der Waals surface area contributed by atoms with Crippen LogP contribution in [0.2, 0.25) is 0 Å². The van der Waals surface area contributed by atoms with Crippen molar-refractivity contribution in [3.63, 3.8) is 0 Å². The quantitative estimate of drug-likeness (QED) is 0.543. The lowest BCUT2D eigenvalue weighted by atomic mass is 10.2. The summed E-state index contributed by atoms with van der Waals surface area (Å²) in [6.45, 7) is 2.13. The summed E-state index contributed by atoms with van der Waals surface area (Å²) in [4.78, 5) is 14.6. The second kappa shape index (κ2) is 7.25. The van der Waals surface area contributed by atoms with Crippen molar-refractivity contribution in [2.75, 3.05) is 31.1 Å². The number of imidazole rings is 1. The first-order valence-corrected chi connectivity index (χ1v) is 11.6. The summed E-state index contributed by atoms with van der Waals surface area (Å²) in [5, 5.41) is 1.79. The molecule has 0 atom stereocenters. The van der Waals surface area contributed by atoms with Gasteiger partial charge in [-0.3, -0.25) is 0 Å². The lowest BCUT2D eigenvalue weighted by molar-refractivity contribution is 0.385. The van der Waals surface area contributed by atoms with Gasteiger partial charge >= 0.3 is 0 Å². The van der Waals surface area contributed by atoms with Gasteiger partial charge in [-0.1, -0.05) is 18.2 Å². The van der Waals surface area contributed by atoms with Crippen LogP contribution in [0.4, 0.5) is 5.82 Å². The fraction of sp³-hybridized carbons (Fsp3) is 0.200. The maximum Gasteiger partial charge on any atom is 0.252 e. The molecule has 0 bridgehead atoms. The number of thiophene rings is 1. The molecule has 3 aromatic heterocycles. The Balaban J connectivity index is 1.29. The lowest BCUT2D eigenvalue weighted by Gasteiger charge is -2.34. The monoisotopic (exact) mass is 425 g/mol. The van der Waals surface area contributed by atoms with Crippen LogP contribution >= 0.6 is 11.3 Å². The number of nitrogens with one attached hydrogen (secondary N) is 1. The van der Waals surface area contributed by atoms with E-state index in [1.54, 1.807) is 21.8 Å². The van der Waals surface area contributed by atoms with Crippen LogP contribution in [-0.2, 0) is 10.0 Å². The van der Waals surface area contributed by atoms with Crippen molar-refractivity contribution < 1.29 is 8.42 Å². The highest BCUT2D eigenvalue weighted by Gasteiger charge is 2.29. The van der Waals surface area contributed by atoms with Crippen LogP contribution in [0.5, 0.6) is 0 Å². The zero-order valence-corrected chi connectivity index (χ0v) is 17.2. The number of aromatic nitrogens is 3. The molecule has 1 saturated heterocycles. The highest BCUT2D eigenvalue weighted by Crippen LogP contribution is 2.25.